The molecule has 0 aliphatic rings. The number of hydrogen-bond donors (Lipinski definition) is 0. The summed E-state index contributed by atoms with van der Waals surface area (Å²) in [4.78, 5) is 21.4. The Bertz CT molecular complexity index is 762. The van der Waals surface area contributed by atoms with Crippen LogP contribution in [0.2, 0.25) is 0 Å². The number of anilines is 1. The second kappa shape index (κ2) is 13.2. The third-order valence-electron chi connectivity index (χ3n) is 4.72. The van der Waals surface area contributed by atoms with Crippen LogP contribution in [0.3, 0.4) is 0 Å². The maximum atomic E-state index is 12.7. The zero-order chi connectivity index (χ0) is 21.8. The number of ether oxygens (including phenoxy) is 2. The van der Waals surface area contributed by atoms with E-state index in [1.165, 1.54) is 11.5 Å². The monoisotopic (exact) mass is 434 g/mol. The Labute approximate surface area is 184 Å². The number of nitrogens with zero attached hydrogens (tertiary/aromatic N) is 4. The van der Waals surface area contributed by atoms with Gasteiger partial charge in [0.15, 0.2) is 0 Å². The van der Waals surface area contributed by atoms with Crippen LogP contribution < -0.4 is 9.64 Å². The first kappa shape index (κ1) is 24.1. The molecule has 2 rings (SSSR count). The van der Waals surface area contributed by atoms with Crippen LogP contribution in [0.5, 0.6) is 5.75 Å². The molecule has 0 radical (unpaired) electrons. The average molecular weight is 435 g/mol. The lowest BCUT2D eigenvalue weighted by Crippen LogP contribution is -2.36. The van der Waals surface area contributed by atoms with Crippen LogP contribution in [0.4, 0.5) is 5.13 Å². The van der Waals surface area contributed by atoms with Crippen LogP contribution >= 0.6 is 11.5 Å². The number of hydrogen-bond acceptors (Lipinski definition) is 7. The van der Waals surface area contributed by atoms with Crippen molar-refractivity contribution in [2.75, 3.05) is 51.9 Å². The van der Waals surface area contributed by atoms with E-state index in [9.17, 15) is 4.79 Å². The van der Waals surface area contributed by atoms with Gasteiger partial charge in [0.2, 0.25) is 11.0 Å². The van der Waals surface area contributed by atoms with E-state index in [0.717, 1.165) is 48.2 Å². The summed E-state index contributed by atoms with van der Waals surface area (Å²) in [5.74, 6) is 1.80. The molecule has 0 saturated heterocycles. The lowest BCUT2D eigenvalue weighted by atomic mass is 10.1. The maximum absolute atomic E-state index is 12.7. The average Bonchev–Trinajstić information content (AvgIpc) is 3.21. The minimum Gasteiger partial charge on any atom is -0.497 e. The smallest absolute Gasteiger partial charge is 0.224 e. The van der Waals surface area contributed by atoms with Crippen LogP contribution in [0.1, 0.15) is 44.5 Å². The van der Waals surface area contributed by atoms with Crippen molar-refractivity contribution < 1.29 is 14.3 Å². The fourth-order valence-electron chi connectivity index (χ4n) is 3.20. The fourth-order valence-corrected chi connectivity index (χ4v) is 3.94. The second-order valence-electron chi connectivity index (χ2n) is 7.13. The van der Waals surface area contributed by atoms with Crippen LogP contribution in [0.15, 0.2) is 24.3 Å². The van der Waals surface area contributed by atoms with Gasteiger partial charge in [-0.2, -0.15) is 4.37 Å². The van der Waals surface area contributed by atoms with Gasteiger partial charge in [-0.3, -0.25) is 4.79 Å². The molecule has 1 amide bonds. The molecule has 0 N–H and O–H groups in total. The summed E-state index contributed by atoms with van der Waals surface area (Å²) in [6, 6.07) is 7.93. The maximum Gasteiger partial charge on any atom is 0.224 e. The normalized spacial score (nSPS) is 10.8. The van der Waals surface area contributed by atoms with Gasteiger partial charge in [-0.15, -0.1) is 0 Å². The van der Waals surface area contributed by atoms with Gasteiger partial charge in [0.1, 0.15) is 11.6 Å². The van der Waals surface area contributed by atoms with Crippen molar-refractivity contribution in [3.05, 3.63) is 35.7 Å². The number of amides is 1. The van der Waals surface area contributed by atoms with Crippen molar-refractivity contribution in [1.82, 2.24) is 14.3 Å². The summed E-state index contributed by atoms with van der Waals surface area (Å²) in [7, 11) is 3.34. The predicted molar refractivity (Wildman–Crippen MR) is 122 cm³/mol. The minimum absolute atomic E-state index is 0.197. The van der Waals surface area contributed by atoms with Crippen molar-refractivity contribution in [3.63, 3.8) is 0 Å². The number of carbonyl (C=O) groups is 1. The summed E-state index contributed by atoms with van der Waals surface area (Å²) in [5.41, 5.74) is 1.10. The highest BCUT2D eigenvalue weighted by atomic mass is 32.1. The van der Waals surface area contributed by atoms with Crippen LogP contribution in [0, 0.1) is 0 Å². The number of benzene rings is 1. The lowest BCUT2D eigenvalue weighted by molar-refractivity contribution is -0.131. The van der Waals surface area contributed by atoms with Crippen LogP contribution in [-0.2, 0) is 16.0 Å². The Hall–Kier alpha value is -2.19. The molecule has 0 fully saturated rings. The third-order valence-corrected chi connectivity index (χ3v) is 5.54. The summed E-state index contributed by atoms with van der Waals surface area (Å²) in [5, 5.41) is 0.829. The molecule has 166 valence electrons. The summed E-state index contributed by atoms with van der Waals surface area (Å²) in [6.07, 6.45) is 3.06. The SMILES string of the molecule is CCCN(CCC)C(=O)CCN(CCOC)c1nc(Cc2cccc(OC)c2)ns1. The molecule has 7 nitrogen and oxygen atoms in total. The van der Waals surface area contributed by atoms with Gasteiger partial charge in [0, 0.05) is 57.7 Å². The molecule has 1 heterocycles. The number of rotatable bonds is 14. The molecule has 0 saturated carbocycles. The first-order valence-electron chi connectivity index (χ1n) is 10.6. The molecule has 0 bridgehead atoms. The zero-order valence-electron chi connectivity index (χ0n) is 18.6. The molecule has 0 spiro atoms. The van der Waals surface area contributed by atoms with Gasteiger partial charge in [-0.1, -0.05) is 26.0 Å². The quantitative estimate of drug-likeness (QED) is 0.452. The Kier molecular flexibility index (Phi) is 10.6. The molecule has 30 heavy (non-hydrogen) atoms. The molecule has 8 heteroatoms. The van der Waals surface area contributed by atoms with E-state index in [0.29, 0.717) is 32.5 Å². The van der Waals surface area contributed by atoms with Crippen molar-refractivity contribution in [3.8, 4) is 5.75 Å². The summed E-state index contributed by atoms with van der Waals surface area (Å²) in [6.45, 7) is 7.70. The molecular formula is C22H34N4O3S. The highest BCUT2D eigenvalue weighted by molar-refractivity contribution is 7.09. The first-order valence-corrected chi connectivity index (χ1v) is 11.4. The van der Waals surface area contributed by atoms with Gasteiger partial charge in [-0.05, 0) is 30.5 Å². The highest BCUT2D eigenvalue weighted by Gasteiger charge is 2.17. The van der Waals surface area contributed by atoms with E-state index in [4.69, 9.17) is 14.5 Å². The van der Waals surface area contributed by atoms with Gasteiger partial charge in [0.05, 0.1) is 13.7 Å². The van der Waals surface area contributed by atoms with Crippen LogP contribution in [0.25, 0.3) is 0 Å². The summed E-state index contributed by atoms with van der Waals surface area (Å²) >= 11 is 1.37. The molecule has 0 aliphatic carbocycles. The van der Waals surface area contributed by atoms with E-state index in [1.54, 1.807) is 14.2 Å². The highest BCUT2D eigenvalue weighted by Crippen LogP contribution is 2.21. The number of carbonyl (C=O) groups excluding carboxylic acids is 1. The zero-order valence-corrected chi connectivity index (χ0v) is 19.4. The first-order chi connectivity index (χ1) is 14.6. The van der Waals surface area contributed by atoms with Gasteiger partial charge in [-0.25, -0.2) is 4.98 Å². The Balaban J connectivity index is 2.03. The fraction of sp³-hybridized carbons (Fsp3) is 0.591. The van der Waals surface area contributed by atoms with E-state index < -0.39 is 0 Å². The summed E-state index contributed by atoms with van der Waals surface area (Å²) < 4.78 is 15.1. The predicted octanol–water partition coefficient (Wildman–Crippen LogP) is 3.63. The van der Waals surface area contributed by atoms with Crippen LogP contribution in [-0.4, -0.2) is 67.2 Å². The topological polar surface area (TPSA) is 67.8 Å². The van der Waals surface area contributed by atoms with Gasteiger partial charge >= 0.3 is 0 Å². The van der Waals surface area contributed by atoms with E-state index >= 15 is 0 Å². The van der Waals surface area contributed by atoms with Crippen molar-refractivity contribution >= 4 is 22.6 Å². The molecule has 0 atom stereocenters. The molecular weight excluding hydrogens is 400 g/mol. The number of aromatic nitrogens is 2. The molecule has 1 aromatic carbocycles. The Morgan fingerprint density at radius 3 is 2.53 bits per heavy atom. The minimum atomic E-state index is 0.197. The van der Waals surface area contributed by atoms with Crippen molar-refractivity contribution in [2.45, 2.75) is 39.5 Å². The molecule has 0 aliphatic heterocycles. The van der Waals surface area contributed by atoms with E-state index in [2.05, 4.69) is 23.1 Å². The molecule has 1 aromatic heterocycles. The largest absolute Gasteiger partial charge is 0.497 e. The van der Waals surface area contributed by atoms with Gasteiger partial charge < -0.3 is 19.3 Å². The Morgan fingerprint density at radius 1 is 1.10 bits per heavy atom. The standard InChI is InChI=1S/C22H34N4O3S/c1-5-11-25(12-6-2)21(27)10-13-26(14-15-28-3)22-23-20(24-30-22)17-18-8-7-9-19(16-18)29-4/h7-9,16H,5-6,10-15,17H2,1-4H3. The van der Waals surface area contributed by atoms with Gasteiger partial charge in [0.25, 0.3) is 0 Å². The molecule has 0 unspecified atom stereocenters. The van der Waals surface area contributed by atoms with E-state index in [1.807, 2.05) is 29.2 Å². The second-order valence-corrected chi connectivity index (χ2v) is 7.86. The van der Waals surface area contributed by atoms with Crippen molar-refractivity contribution in [1.29, 1.82) is 0 Å². The van der Waals surface area contributed by atoms with Crippen molar-refractivity contribution in [2.24, 2.45) is 0 Å². The van der Waals surface area contributed by atoms with E-state index in [-0.39, 0.29) is 5.91 Å². The number of methoxy groups -OCH3 is 2. The molecule has 2 aromatic rings. The Morgan fingerprint density at radius 2 is 1.87 bits per heavy atom. The third kappa shape index (κ3) is 7.57. The lowest BCUT2D eigenvalue weighted by Gasteiger charge is -2.25.